The van der Waals surface area contributed by atoms with Gasteiger partial charge in [0.25, 0.3) is 0 Å². The van der Waals surface area contributed by atoms with Gasteiger partial charge >= 0.3 is 0 Å². The van der Waals surface area contributed by atoms with Crippen LogP contribution in [-0.4, -0.2) is 47.7 Å². The monoisotopic (exact) mass is 286 g/mol. The van der Waals surface area contributed by atoms with Crippen molar-refractivity contribution in [2.75, 3.05) is 23.0 Å². The number of hydrogen-bond donors (Lipinski definition) is 1. The van der Waals surface area contributed by atoms with Crippen molar-refractivity contribution in [3.05, 3.63) is 17.8 Å². The first-order valence-electron chi connectivity index (χ1n) is 5.49. The smallest absolute Gasteiger partial charge is 0.161 e. The number of hydrogen-bond acceptors (Lipinski definition) is 6. The number of rotatable bonds is 2. The zero-order valence-electron chi connectivity index (χ0n) is 9.91. The van der Waals surface area contributed by atoms with E-state index in [0.717, 1.165) is 0 Å². The molecular formula is C10H14N4O2S2. The highest BCUT2D eigenvalue weighted by atomic mass is 32.2. The van der Waals surface area contributed by atoms with E-state index in [1.54, 1.807) is 6.07 Å². The second kappa shape index (κ2) is 4.77. The van der Waals surface area contributed by atoms with Gasteiger partial charge in [0.05, 0.1) is 23.3 Å². The van der Waals surface area contributed by atoms with Crippen LogP contribution in [0.15, 0.2) is 12.3 Å². The Labute approximate surface area is 111 Å². The van der Waals surface area contributed by atoms with Crippen molar-refractivity contribution in [3.63, 3.8) is 0 Å². The van der Waals surface area contributed by atoms with E-state index in [1.807, 2.05) is 11.8 Å². The summed E-state index contributed by atoms with van der Waals surface area (Å²) < 4.78 is 23.1. The lowest BCUT2D eigenvalue weighted by Crippen LogP contribution is -2.48. The van der Waals surface area contributed by atoms with Crippen LogP contribution in [0.1, 0.15) is 12.5 Å². The second-order valence-electron chi connectivity index (χ2n) is 4.29. The molecule has 2 rings (SSSR count). The van der Waals surface area contributed by atoms with E-state index in [4.69, 9.17) is 18.0 Å². The van der Waals surface area contributed by atoms with Crippen LogP contribution >= 0.6 is 12.2 Å². The van der Waals surface area contributed by atoms with Crippen molar-refractivity contribution in [1.82, 2.24) is 10.2 Å². The molecule has 1 aromatic heterocycles. The van der Waals surface area contributed by atoms with Crippen LogP contribution in [0.4, 0.5) is 5.82 Å². The number of thiocarbonyl (C=S) groups is 1. The molecule has 0 saturated carbocycles. The number of aromatic nitrogens is 2. The van der Waals surface area contributed by atoms with E-state index in [2.05, 4.69) is 10.2 Å². The van der Waals surface area contributed by atoms with Crippen molar-refractivity contribution in [1.29, 1.82) is 0 Å². The normalized spacial score (nSPS) is 22.7. The summed E-state index contributed by atoms with van der Waals surface area (Å²) in [5.41, 5.74) is 6.27. The lowest BCUT2D eigenvalue weighted by Gasteiger charge is -2.34. The molecule has 0 bridgehead atoms. The maximum atomic E-state index is 11.5. The van der Waals surface area contributed by atoms with Crippen LogP contribution in [0.25, 0.3) is 0 Å². The summed E-state index contributed by atoms with van der Waals surface area (Å²) in [6.07, 6.45) is 1.52. The summed E-state index contributed by atoms with van der Waals surface area (Å²) in [4.78, 5) is 2.13. The van der Waals surface area contributed by atoms with Gasteiger partial charge in [-0.1, -0.05) is 12.2 Å². The second-order valence-corrected chi connectivity index (χ2v) is 6.96. The molecule has 2 N–H and O–H groups in total. The first-order chi connectivity index (χ1) is 8.41. The standard InChI is InChI=1S/C10H14N4O2S2/c1-7-6-18(15,16)5-4-14(7)10-8(9(11)17)2-3-12-13-10/h2-3,7H,4-6H2,1H3,(H2,11,17). The molecule has 6 nitrogen and oxygen atoms in total. The molecule has 1 aliphatic heterocycles. The third-order valence-electron chi connectivity index (χ3n) is 2.91. The number of nitrogens with two attached hydrogens (primary N) is 1. The van der Waals surface area contributed by atoms with Crippen LogP contribution in [0.2, 0.25) is 0 Å². The molecule has 1 aliphatic rings. The molecule has 8 heteroatoms. The van der Waals surface area contributed by atoms with Crippen molar-refractivity contribution < 1.29 is 8.42 Å². The summed E-state index contributed by atoms with van der Waals surface area (Å²) in [7, 11) is -2.96. The summed E-state index contributed by atoms with van der Waals surface area (Å²) in [5, 5.41) is 7.85. The highest BCUT2D eigenvalue weighted by Gasteiger charge is 2.30. The largest absolute Gasteiger partial charge is 0.389 e. The van der Waals surface area contributed by atoms with Gasteiger partial charge in [0.15, 0.2) is 15.7 Å². The molecule has 18 heavy (non-hydrogen) atoms. The zero-order chi connectivity index (χ0) is 13.3. The van der Waals surface area contributed by atoms with Gasteiger partial charge in [0.2, 0.25) is 0 Å². The number of anilines is 1. The fourth-order valence-corrected chi connectivity index (χ4v) is 3.76. The minimum absolute atomic E-state index is 0.111. The van der Waals surface area contributed by atoms with Gasteiger partial charge in [-0.25, -0.2) is 8.42 Å². The maximum Gasteiger partial charge on any atom is 0.161 e. The van der Waals surface area contributed by atoms with Crippen LogP contribution in [0, 0.1) is 0 Å². The average Bonchev–Trinajstić information content (AvgIpc) is 2.28. The van der Waals surface area contributed by atoms with E-state index in [0.29, 0.717) is 17.9 Å². The molecule has 1 aromatic rings. The Morgan fingerprint density at radius 2 is 2.33 bits per heavy atom. The summed E-state index contributed by atoms with van der Waals surface area (Å²) in [5.74, 6) is 0.790. The molecule has 0 spiro atoms. The molecule has 1 saturated heterocycles. The minimum atomic E-state index is -2.96. The summed E-state index contributed by atoms with van der Waals surface area (Å²) in [6.45, 7) is 2.23. The Bertz CT molecular complexity index is 573. The van der Waals surface area contributed by atoms with Gasteiger partial charge in [-0.05, 0) is 13.0 Å². The van der Waals surface area contributed by atoms with Crippen LogP contribution in [0.5, 0.6) is 0 Å². The molecule has 0 amide bonds. The van der Waals surface area contributed by atoms with Crippen LogP contribution in [0.3, 0.4) is 0 Å². The highest BCUT2D eigenvalue weighted by Crippen LogP contribution is 2.22. The van der Waals surface area contributed by atoms with Crippen LogP contribution in [-0.2, 0) is 9.84 Å². The predicted molar refractivity (Wildman–Crippen MR) is 73.4 cm³/mol. The fraction of sp³-hybridized carbons (Fsp3) is 0.500. The van der Waals surface area contributed by atoms with Gasteiger partial charge in [0, 0.05) is 12.6 Å². The van der Waals surface area contributed by atoms with Gasteiger partial charge in [0.1, 0.15) is 4.99 Å². The van der Waals surface area contributed by atoms with Gasteiger partial charge < -0.3 is 10.6 Å². The van der Waals surface area contributed by atoms with E-state index < -0.39 is 9.84 Å². The van der Waals surface area contributed by atoms with Crippen LogP contribution < -0.4 is 10.6 Å². The molecule has 1 atom stereocenters. The van der Waals surface area contributed by atoms with E-state index in [-0.39, 0.29) is 22.5 Å². The lowest BCUT2D eigenvalue weighted by atomic mass is 10.2. The minimum Gasteiger partial charge on any atom is -0.389 e. The first-order valence-corrected chi connectivity index (χ1v) is 7.72. The Balaban J connectivity index is 2.36. The topological polar surface area (TPSA) is 89.2 Å². The molecule has 0 aliphatic carbocycles. The average molecular weight is 286 g/mol. The van der Waals surface area contributed by atoms with E-state index >= 15 is 0 Å². The van der Waals surface area contributed by atoms with E-state index in [9.17, 15) is 8.42 Å². The third-order valence-corrected chi connectivity index (χ3v) is 4.92. The molecule has 2 heterocycles. The first kappa shape index (κ1) is 13.2. The molecular weight excluding hydrogens is 272 g/mol. The molecule has 1 unspecified atom stereocenters. The summed E-state index contributed by atoms with van der Waals surface area (Å²) in [6, 6.07) is 1.54. The Hall–Kier alpha value is -1.28. The molecule has 0 radical (unpaired) electrons. The highest BCUT2D eigenvalue weighted by molar-refractivity contribution is 7.91. The SMILES string of the molecule is CC1CS(=O)(=O)CCN1c1nnccc1C(N)=S. The molecule has 1 fully saturated rings. The number of nitrogens with zero attached hydrogens (tertiary/aromatic N) is 3. The van der Waals surface area contributed by atoms with Crippen molar-refractivity contribution in [3.8, 4) is 0 Å². The summed E-state index contributed by atoms with van der Waals surface area (Å²) >= 11 is 4.97. The van der Waals surface area contributed by atoms with Gasteiger partial charge in [-0.3, -0.25) is 0 Å². The Morgan fingerprint density at radius 1 is 1.61 bits per heavy atom. The van der Waals surface area contributed by atoms with Crippen molar-refractivity contribution in [2.24, 2.45) is 5.73 Å². The predicted octanol–water partition coefficient (Wildman–Crippen LogP) is -0.266. The molecule has 98 valence electrons. The maximum absolute atomic E-state index is 11.5. The Kier molecular flexibility index (Phi) is 3.49. The molecule has 0 aromatic carbocycles. The Morgan fingerprint density at radius 3 is 2.94 bits per heavy atom. The third kappa shape index (κ3) is 2.59. The fourth-order valence-electron chi connectivity index (χ4n) is 2.04. The zero-order valence-corrected chi connectivity index (χ0v) is 11.5. The lowest BCUT2D eigenvalue weighted by molar-refractivity contribution is 0.566. The van der Waals surface area contributed by atoms with Gasteiger partial charge in [-0.2, -0.15) is 5.10 Å². The van der Waals surface area contributed by atoms with Crippen molar-refractivity contribution in [2.45, 2.75) is 13.0 Å². The quantitative estimate of drug-likeness (QED) is 0.749. The van der Waals surface area contributed by atoms with Gasteiger partial charge in [-0.15, -0.1) is 5.10 Å². The van der Waals surface area contributed by atoms with Crippen molar-refractivity contribution >= 4 is 32.9 Å². The van der Waals surface area contributed by atoms with E-state index in [1.165, 1.54) is 6.20 Å². The number of sulfone groups is 1.